The van der Waals surface area contributed by atoms with Gasteiger partial charge in [-0.1, -0.05) is 11.6 Å². The summed E-state index contributed by atoms with van der Waals surface area (Å²) >= 11 is 5.88. The molecular weight excluding hydrogens is 278 g/mol. The molecule has 1 N–H and O–H groups in total. The van der Waals surface area contributed by atoms with Gasteiger partial charge in [0.05, 0.1) is 4.92 Å². The summed E-state index contributed by atoms with van der Waals surface area (Å²) in [5.74, 6) is 0. The lowest BCUT2D eigenvalue weighted by Gasteiger charge is -2.08. The van der Waals surface area contributed by atoms with Crippen LogP contribution in [-0.4, -0.2) is 9.91 Å². The summed E-state index contributed by atoms with van der Waals surface area (Å²) < 4.78 is 0. The van der Waals surface area contributed by atoms with Crippen LogP contribution in [0.2, 0.25) is 5.02 Å². The standard InChI is InChI=1S/C14H14ClN3O2/c1-10-4-5-16-8-12(10)9-17-7-11-6-13(15)2-3-14(11)18(19)20/h2-6,8,17H,7,9H2,1H3. The van der Waals surface area contributed by atoms with Crippen molar-refractivity contribution < 1.29 is 4.92 Å². The number of hydrogen-bond donors (Lipinski definition) is 1. The first-order chi connectivity index (χ1) is 9.58. The monoisotopic (exact) mass is 291 g/mol. The number of benzene rings is 1. The fourth-order valence-electron chi connectivity index (χ4n) is 1.89. The summed E-state index contributed by atoms with van der Waals surface area (Å²) in [7, 11) is 0. The Morgan fingerprint density at radius 1 is 1.30 bits per heavy atom. The first-order valence-corrected chi connectivity index (χ1v) is 6.49. The van der Waals surface area contributed by atoms with Gasteiger partial charge in [-0.2, -0.15) is 0 Å². The van der Waals surface area contributed by atoms with E-state index >= 15 is 0 Å². The molecule has 0 atom stereocenters. The highest BCUT2D eigenvalue weighted by Gasteiger charge is 2.13. The number of rotatable bonds is 5. The van der Waals surface area contributed by atoms with Gasteiger partial charge >= 0.3 is 0 Å². The van der Waals surface area contributed by atoms with Crippen LogP contribution in [0.15, 0.2) is 36.7 Å². The fourth-order valence-corrected chi connectivity index (χ4v) is 2.08. The fraction of sp³-hybridized carbons (Fsp3) is 0.214. The van der Waals surface area contributed by atoms with E-state index in [1.165, 1.54) is 12.1 Å². The number of halogens is 1. The molecule has 0 unspecified atom stereocenters. The summed E-state index contributed by atoms with van der Waals surface area (Å²) in [5, 5.41) is 14.6. The van der Waals surface area contributed by atoms with Gasteiger partial charge in [-0.05, 0) is 36.2 Å². The second kappa shape index (κ2) is 6.45. The van der Waals surface area contributed by atoms with E-state index in [4.69, 9.17) is 11.6 Å². The molecule has 5 nitrogen and oxygen atoms in total. The first kappa shape index (κ1) is 14.4. The summed E-state index contributed by atoms with van der Waals surface area (Å²) in [5.41, 5.74) is 2.85. The minimum absolute atomic E-state index is 0.0739. The van der Waals surface area contributed by atoms with Gasteiger partial charge in [0.1, 0.15) is 0 Å². The second-order valence-corrected chi connectivity index (χ2v) is 4.87. The molecule has 2 rings (SSSR count). The van der Waals surface area contributed by atoms with Crippen molar-refractivity contribution in [2.75, 3.05) is 0 Å². The zero-order valence-corrected chi connectivity index (χ0v) is 11.7. The zero-order valence-electron chi connectivity index (χ0n) is 11.0. The number of nitrogens with zero attached hydrogens (tertiary/aromatic N) is 2. The van der Waals surface area contributed by atoms with Crippen LogP contribution >= 0.6 is 11.6 Å². The number of nitro groups is 1. The zero-order chi connectivity index (χ0) is 14.5. The van der Waals surface area contributed by atoms with Crippen molar-refractivity contribution in [2.24, 2.45) is 0 Å². The Balaban J connectivity index is 2.06. The topological polar surface area (TPSA) is 68.1 Å². The van der Waals surface area contributed by atoms with Crippen LogP contribution in [-0.2, 0) is 13.1 Å². The molecule has 0 fully saturated rings. The van der Waals surface area contributed by atoms with E-state index in [0.717, 1.165) is 11.1 Å². The molecular formula is C14H14ClN3O2. The third kappa shape index (κ3) is 3.53. The Kier molecular flexibility index (Phi) is 4.65. The van der Waals surface area contributed by atoms with Crippen molar-refractivity contribution in [1.82, 2.24) is 10.3 Å². The summed E-state index contributed by atoms with van der Waals surface area (Å²) in [6.45, 7) is 2.98. The predicted molar refractivity (Wildman–Crippen MR) is 77.6 cm³/mol. The Bertz CT molecular complexity index is 632. The summed E-state index contributed by atoms with van der Waals surface area (Å²) in [6.07, 6.45) is 3.52. The maximum atomic E-state index is 10.9. The van der Waals surface area contributed by atoms with Crippen LogP contribution in [0.4, 0.5) is 5.69 Å². The molecule has 104 valence electrons. The molecule has 0 aliphatic carbocycles. The number of aromatic nitrogens is 1. The van der Waals surface area contributed by atoms with Crippen molar-refractivity contribution in [3.8, 4) is 0 Å². The Morgan fingerprint density at radius 2 is 2.05 bits per heavy atom. The van der Waals surface area contributed by atoms with Crippen molar-refractivity contribution in [2.45, 2.75) is 20.0 Å². The van der Waals surface area contributed by atoms with Crippen LogP contribution in [0.3, 0.4) is 0 Å². The smallest absolute Gasteiger partial charge is 0.273 e. The number of aryl methyl sites for hydroxylation is 1. The van der Waals surface area contributed by atoms with Gasteiger partial charge in [0.15, 0.2) is 0 Å². The minimum atomic E-state index is -0.400. The molecule has 0 saturated carbocycles. The average Bonchev–Trinajstić information content (AvgIpc) is 2.41. The van der Waals surface area contributed by atoms with Gasteiger partial charge in [-0.15, -0.1) is 0 Å². The largest absolute Gasteiger partial charge is 0.308 e. The Hall–Kier alpha value is -1.98. The van der Waals surface area contributed by atoms with Crippen molar-refractivity contribution >= 4 is 17.3 Å². The maximum Gasteiger partial charge on any atom is 0.273 e. The van der Waals surface area contributed by atoms with Crippen LogP contribution in [0.25, 0.3) is 0 Å². The third-order valence-electron chi connectivity index (χ3n) is 3.02. The molecule has 1 aromatic heterocycles. The van der Waals surface area contributed by atoms with Crippen molar-refractivity contribution in [1.29, 1.82) is 0 Å². The molecule has 2 aromatic rings. The van der Waals surface area contributed by atoms with E-state index in [1.807, 2.05) is 13.0 Å². The molecule has 6 heteroatoms. The first-order valence-electron chi connectivity index (χ1n) is 6.11. The van der Waals surface area contributed by atoms with Crippen LogP contribution < -0.4 is 5.32 Å². The van der Waals surface area contributed by atoms with Gasteiger partial charge in [-0.3, -0.25) is 15.1 Å². The van der Waals surface area contributed by atoms with Gasteiger partial charge in [0.25, 0.3) is 5.69 Å². The van der Waals surface area contributed by atoms with Crippen molar-refractivity contribution in [3.05, 3.63) is 68.5 Å². The number of nitrogens with one attached hydrogen (secondary N) is 1. The number of hydrogen-bond acceptors (Lipinski definition) is 4. The van der Waals surface area contributed by atoms with Gasteiger partial charge < -0.3 is 5.32 Å². The normalized spacial score (nSPS) is 10.5. The van der Waals surface area contributed by atoms with Gasteiger partial charge in [0, 0.05) is 42.1 Å². The maximum absolute atomic E-state index is 10.9. The highest BCUT2D eigenvalue weighted by molar-refractivity contribution is 6.30. The van der Waals surface area contributed by atoms with E-state index in [1.54, 1.807) is 18.5 Å². The summed E-state index contributed by atoms with van der Waals surface area (Å²) in [6, 6.07) is 6.49. The lowest BCUT2D eigenvalue weighted by atomic mass is 10.1. The lowest BCUT2D eigenvalue weighted by Crippen LogP contribution is -2.14. The number of nitro benzene ring substituents is 1. The lowest BCUT2D eigenvalue weighted by molar-refractivity contribution is -0.385. The van der Waals surface area contributed by atoms with E-state index in [0.29, 0.717) is 23.7 Å². The highest BCUT2D eigenvalue weighted by Crippen LogP contribution is 2.22. The molecule has 0 spiro atoms. The molecule has 0 saturated heterocycles. The second-order valence-electron chi connectivity index (χ2n) is 4.44. The summed E-state index contributed by atoms with van der Waals surface area (Å²) in [4.78, 5) is 14.6. The quantitative estimate of drug-likeness (QED) is 0.678. The molecule has 20 heavy (non-hydrogen) atoms. The molecule has 0 amide bonds. The molecule has 0 aliphatic rings. The van der Waals surface area contributed by atoms with Crippen molar-refractivity contribution in [3.63, 3.8) is 0 Å². The van der Waals surface area contributed by atoms with E-state index in [2.05, 4.69) is 10.3 Å². The Morgan fingerprint density at radius 3 is 2.75 bits per heavy atom. The van der Waals surface area contributed by atoms with E-state index in [-0.39, 0.29) is 5.69 Å². The predicted octanol–water partition coefficient (Wildman–Crippen LogP) is 3.24. The minimum Gasteiger partial charge on any atom is -0.308 e. The Labute approximate surface area is 121 Å². The van der Waals surface area contributed by atoms with E-state index < -0.39 is 4.92 Å². The highest BCUT2D eigenvalue weighted by atomic mass is 35.5. The molecule has 1 heterocycles. The van der Waals surface area contributed by atoms with Gasteiger partial charge in [-0.25, -0.2) is 0 Å². The van der Waals surface area contributed by atoms with Crippen LogP contribution in [0.5, 0.6) is 0 Å². The SMILES string of the molecule is Cc1ccncc1CNCc1cc(Cl)ccc1[N+](=O)[O-]. The molecule has 1 aromatic carbocycles. The van der Waals surface area contributed by atoms with Crippen LogP contribution in [0.1, 0.15) is 16.7 Å². The van der Waals surface area contributed by atoms with Crippen LogP contribution in [0, 0.1) is 17.0 Å². The third-order valence-corrected chi connectivity index (χ3v) is 3.25. The number of pyridine rings is 1. The molecule has 0 bridgehead atoms. The molecule has 0 aliphatic heterocycles. The van der Waals surface area contributed by atoms with E-state index in [9.17, 15) is 10.1 Å². The molecule has 0 radical (unpaired) electrons. The van der Waals surface area contributed by atoms with Gasteiger partial charge in [0.2, 0.25) is 0 Å². The average molecular weight is 292 g/mol.